The number of hydrogen-bond donors (Lipinski definition) is 6. The van der Waals surface area contributed by atoms with Crippen molar-refractivity contribution in [3.05, 3.63) is 12.7 Å². The number of hydrogen-bond acceptors (Lipinski definition) is 10. The van der Waals surface area contributed by atoms with Gasteiger partial charge in [0.1, 0.15) is 18.2 Å². The number of aromatic nitrogens is 4. The van der Waals surface area contributed by atoms with Crippen LogP contribution in [0.15, 0.2) is 12.7 Å². The summed E-state index contributed by atoms with van der Waals surface area (Å²) in [7, 11) is -9.65. The lowest BCUT2D eigenvalue weighted by molar-refractivity contribution is 0.0758. The van der Waals surface area contributed by atoms with Crippen LogP contribution in [0.25, 0.3) is 11.2 Å². The van der Waals surface area contributed by atoms with Crippen LogP contribution in [0.1, 0.15) is 6.92 Å². The summed E-state index contributed by atoms with van der Waals surface area (Å²) in [6, 6.07) is 0. The molecular formula is C9H21N7O7P2. The third-order valence-electron chi connectivity index (χ3n) is 2.64. The first-order chi connectivity index (χ1) is 10.6. The molecular weight excluding hydrogens is 385 g/mol. The second-order valence-corrected chi connectivity index (χ2v) is 7.81. The minimum atomic E-state index is -5.08. The molecule has 2 heterocycles. The van der Waals surface area contributed by atoms with E-state index in [1.807, 2.05) is 0 Å². The van der Waals surface area contributed by atoms with Crippen LogP contribution >= 0.6 is 15.4 Å². The number of imidazole rings is 1. The predicted octanol–water partition coefficient (Wildman–Crippen LogP) is 0.390. The van der Waals surface area contributed by atoms with Gasteiger partial charge >= 0.3 is 15.4 Å². The standard InChI is InChI=1S/C9H15N5O7P2.2H3N/c1-6(20-5-22(15,16)21-23(17,18)19)2-14-4-13-7-8(10)11-3-12-9(7)14;;/h3-4,6H,2,5H2,1H3,(H,15,16)(H2,10,11,12)(H2,17,18,19);2*1H3/t6-;;/m1../s1/i3+1,4+1,7+1,8+1,9+1;;. The number of phosphoric acid groups is 1. The van der Waals surface area contributed by atoms with Gasteiger partial charge in [0.15, 0.2) is 11.5 Å². The highest BCUT2D eigenvalue weighted by Gasteiger charge is 2.31. The van der Waals surface area contributed by atoms with E-state index in [1.54, 1.807) is 11.5 Å². The minimum Gasteiger partial charge on any atom is -0.382 e. The fourth-order valence-corrected chi connectivity index (χ4v) is 3.73. The van der Waals surface area contributed by atoms with E-state index in [-0.39, 0.29) is 24.7 Å². The number of nitrogen functional groups attached to an aromatic ring is 1. The average Bonchev–Trinajstić information content (AvgIpc) is 2.79. The minimum absolute atomic E-state index is 0. The van der Waals surface area contributed by atoms with Crippen LogP contribution < -0.4 is 18.0 Å². The number of anilines is 1. The van der Waals surface area contributed by atoms with Crippen molar-refractivity contribution in [1.82, 2.24) is 31.8 Å². The first-order valence-electron chi connectivity index (χ1n) is 6.19. The fourth-order valence-electron chi connectivity index (χ4n) is 1.77. The van der Waals surface area contributed by atoms with Crippen molar-refractivity contribution in [2.75, 3.05) is 12.1 Å². The van der Waals surface area contributed by atoms with Gasteiger partial charge < -0.3 is 42.0 Å². The Kier molecular flexibility index (Phi) is 8.24. The summed E-state index contributed by atoms with van der Waals surface area (Å²) >= 11 is 0. The summed E-state index contributed by atoms with van der Waals surface area (Å²) < 4.78 is 32.5. The molecule has 2 aromatic heterocycles. The van der Waals surface area contributed by atoms with Gasteiger partial charge in [0, 0.05) is 0 Å². The van der Waals surface area contributed by atoms with Crippen LogP contribution in [0, 0.1) is 0 Å². The Bertz CT molecular complexity index is 794. The maximum absolute atomic E-state index is 11.5. The van der Waals surface area contributed by atoms with E-state index < -0.39 is 27.9 Å². The number of nitrogens with zero attached hydrogens (tertiary/aromatic N) is 4. The summed E-state index contributed by atoms with van der Waals surface area (Å²) in [5.41, 5.74) is 6.54. The molecule has 0 spiro atoms. The Hall–Kier alpha value is -1.47. The first kappa shape index (κ1) is 23.5. The van der Waals surface area contributed by atoms with Gasteiger partial charge in [-0.25, -0.2) is 23.8 Å². The van der Waals surface area contributed by atoms with Crippen LogP contribution in [0.4, 0.5) is 5.82 Å². The normalized spacial score (nSPS) is 15.0. The quantitative estimate of drug-likeness (QED) is 0.340. The SMILES string of the molecule is C[C@H](Cn1[13cH]n[13c]2[13c](N)n[13cH]n[13c]21)OCP(=O)(O)OP(=O)(O)O.N.N. The highest BCUT2D eigenvalue weighted by Crippen LogP contribution is 2.56. The molecule has 0 radical (unpaired) electrons. The summed E-state index contributed by atoms with van der Waals surface area (Å²) in [4.78, 5) is 38.2. The molecule has 0 aliphatic carbocycles. The Morgan fingerprint density at radius 2 is 1.88 bits per heavy atom. The lowest BCUT2D eigenvalue weighted by atomic mass is 10.4. The summed E-state index contributed by atoms with van der Waals surface area (Å²) in [5, 5.41) is 0. The molecule has 144 valence electrons. The number of nitrogens with two attached hydrogens (primary N) is 1. The van der Waals surface area contributed by atoms with Gasteiger partial charge in [0.05, 0.1) is 19.0 Å². The molecule has 25 heavy (non-hydrogen) atoms. The third-order valence-corrected chi connectivity index (χ3v) is 4.99. The lowest BCUT2D eigenvalue weighted by Gasteiger charge is -2.17. The van der Waals surface area contributed by atoms with Crippen molar-refractivity contribution in [1.29, 1.82) is 0 Å². The molecule has 2 atom stereocenters. The Balaban J connectivity index is 0.00000288. The van der Waals surface area contributed by atoms with E-state index in [9.17, 15) is 14.0 Å². The van der Waals surface area contributed by atoms with Crippen LogP contribution in [0.5, 0.6) is 0 Å². The van der Waals surface area contributed by atoms with Gasteiger partial charge in [-0.15, -0.1) is 0 Å². The summed E-state index contributed by atoms with van der Waals surface area (Å²) in [6.45, 7) is 1.80. The van der Waals surface area contributed by atoms with Crippen LogP contribution in [0.3, 0.4) is 0 Å². The maximum atomic E-state index is 11.5. The van der Waals surface area contributed by atoms with Gasteiger partial charge in [-0.3, -0.25) is 4.57 Å². The van der Waals surface area contributed by atoms with Crippen molar-refractivity contribution in [3.8, 4) is 0 Å². The zero-order valence-corrected chi connectivity index (χ0v) is 15.1. The largest absolute Gasteiger partial charge is 0.476 e. The second kappa shape index (κ2) is 8.76. The molecule has 14 nitrogen and oxygen atoms in total. The van der Waals surface area contributed by atoms with Gasteiger partial charge in [-0.05, 0) is 6.92 Å². The lowest BCUT2D eigenvalue weighted by Crippen LogP contribution is -2.17. The zero-order chi connectivity index (χ0) is 17.3. The highest BCUT2D eigenvalue weighted by molar-refractivity contribution is 7.63. The van der Waals surface area contributed by atoms with Gasteiger partial charge in [0.2, 0.25) is 0 Å². The molecule has 16 heteroatoms. The Morgan fingerprint density at radius 1 is 1.24 bits per heavy atom. The van der Waals surface area contributed by atoms with E-state index in [4.69, 9.17) is 20.3 Å². The van der Waals surface area contributed by atoms with E-state index in [2.05, 4.69) is 19.3 Å². The second-order valence-electron chi connectivity index (χ2n) is 4.64. The average molecular weight is 406 g/mol. The number of ether oxygens (including phenoxy) is 1. The molecule has 0 saturated carbocycles. The van der Waals surface area contributed by atoms with E-state index in [1.165, 1.54) is 12.7 Å². The number of rotatable bonds is 7. The maximum Gasteiger partial charge on any atom is 0.476 e. The molecule has 0 aromatic carbocycles. The molecule has 1 unspecified atom stereocenters. The topological polar surface area (TPSA) is 253 Å². The van der Waals surface area contributed by atoms with Gasteiger partial charge in [-0.1, -0.05) is 0 Å². The van der Waals surface area contributed by atoms with Gasteiger partial charge in [-0.2, -0.15) is 0 Å². The molecule has 0 aliphatic rings. The molecule has 0 aliphatic heterocycles. The van der Waals surface area contributed by atoms with Crippen molar-refractivity contribution in [3.63, 3.8) is 0 Å². The molecule has 2 rings (SSSR count). The molecule has 0 amide bonds. The van der Waals surface area contributed by atoms with E-state index in [0.29, 0.717) is 11.2 Å². The van der Waals surface area contributed by atoms with E-state index >= 15 is 0 Å². The van der Waals surface area contributed by atoms with Crippen molar-refractivity contribution < 1.29 is 32.9 Å². The van der Waals surface area contributed by atoms with Crippen molar-refractivity contribution >= 4 is 32.4 Å². The molecule has 11 N–H and O–H groups in total. The molecule has 0 fully saturated rings. The smallest absolute Gasteiger partial charge is 0.382 e. The van der Waals surface area contributed by atoms with Crippen LogP contribution in [-0.2, 0) is 24.7 Å². The van der Waals surface area contributed by atoms with Crippen LogP contribution in [0.2, 0.25) is 0 Å². The predicted molar refractivity (Wildman–Crippen MR) is 88.1 cm³/mol. The monoisotopic (exact) mass is 406 g/mol. The van der Waals surface area contributed by atoms with Crippen molar-refractivity contribution in [2.24, 2.45) is 0 Å². The first-order valence-corrected chi connectivity index (χ1v) is 9.48. The van der Waals surface area contributed by atoms with Crippen molar-refractivity contribution in [2.45, 2.75) is 19.6 Å². The third kappa shape index (κ3) is 6.74. The molecule has 0 saturated heterocycles. The molecule has 0 bridgehead atoms. The fraction of sp³-hybridized carbons (Fsp3) is 0.444. The zero-order valence-electron chi connectivity index (χ0n) is 13.3. The Labute approximate surface area is 142 Å². The highest BCUT2D eigenvalue weighted by atomic mass is 31.3. The van der Waals surface area contributed by atoms with E-state index in [0.717, 1.165) is 0 Å². The number of fused-ring (bicyclic) bond motifs is 1. The summed E-state index contributed by atoms with van der Waals surface area (Å²) in [6.07, 6.45) is 1.27. The summed E-state index contributed by atoms with van der Waals surface area (Å²) in [5.74, 6) is 0.220. The Morgan fingerprint density at radius 3 is 2.48 bits per heavy atom. The van der Waals surface area contributed by atoms with Gasteiger partial charge in [0.25, 0.3) is 0 Å². The molecule has 2 aromatic rings. The van der Waals surface area contributed by atoms with Crippen LogP contribution in [-0.4, -0.2) is 46.7 Å².